The minimum absolute atomic E-state index is 0.00344. The first-order valence-electron chi connectivity index (χ1n) is 11.8. The normalized spacial score (nSPS) is 25.8. The summed E-state index contributed by atoms with van der Waals surface area (Å²) in [5, 5.41) is 6.56. The third-order valence-electron chi connectivity index (χ3n) is 7.36. The van der Waals surface area contributed by atoms with Crippen molar-refractivity contribution in [2.75, 3.05) is 25.0 Å². The summed E-state index contributed by atoms with van der Waals surface area (Å²) in [6.45, 7) is 3.64. The number of carbonyl (C=O) groups excluding carboxylic acids is 3. The Kier molecular flexibility index (Phi) is 5.56. The van der Waals surface area contributed by atoms with Gasteiger partial charge in [-0.2, -0.15) is 0 Å². The van der Waals surface area contributed by atoms with E-state index in [9.17, 15) is 14.4 Å². The molecule has 0 saturated carbocycles. The molecule has 0 bridgehead atoms. The number of nitrogens with one attached hydrogen (secondary N) is 2. The van der Waals surface area contributed by atoms with Gasteiger partial charge in [0, 0.05) is 44.1 Å². The van der Waals surface area contributed by atoms with E-state index in [1.165, 1.54) is 5.56 Å². The van der Waals surface area contributed by atoms with Gasteiger partial charge in [0.1, 0.15) is 11.7 Å². The van der Waals surface area contributed by atoms with E-state index in [1.807, 2.05) is 48.2 Å². The van der Waals surface area contributed by atoms with Gasteiger partial charge < -0.3 is 20.4 Å². The molecule has 3 amide bonds. The van der Waals surface area contributed by atoms with Crippen molar-refractivity contribution in [2.45, 2.75) is 50.2 Å². The van der Waals surface area contributed by atoms with Gasteiger partial charge in [-0.25, -0.2) is 0 Å². The van der Waals surface area contributed by atoms with Gasteiger partial charge in [0.15, 0.2) is 0 Å². The first kappa shape index (κ1) is 21.5. The van der Waals surface area contributed by atoms with Crippen molar-refractivity contribution in [2.24, 2.45) is 0 Å². The van der Waals surface area contributed by atoms with Crippen LogP contribution in [0.15, 0.2) is 54.6 Å². The van der Waals surface area contributed by atoms with Crippen molar-refractivity contribution in [3.05, 3.63) is 65.7 Å². The third-order valence-corrected chi connectivity index (χ3v) is 7.36. The number of amides is 3. The van der Waals surface area contributed by atoms with Gasteiger partial charge in [0.05, 0.1) is 5.56 Å². The quantitative estimate of drug-likeness (QED) is 0.760. The minimum atomic E-state index is -0.676. The van der Waals surface area contributed by atoms with Crippen LogP contribution in [0.5, 0.6) is 0 Å². The number of rotatable bonds is 3. The SMILES string of the molecule is CC(C(=O)N1CCC(c2ccccc2)C1)N1CCC2(CCC1=O)NC(=O)c1ccccc1N2. The zero-order valence-electron chi connectivity index (χ0n) is 18.9. The molecule has 5 rings (SSSR count). The average Bonchev–Trinajstić information content (AvgIpc) is 3.28. The average molecular weight is 447 g/mol. The first-order valence-corrected chi connectivity index (χ1v) is 11.8. The summed E-state index contributed by atoms with van der Waals surface area (Å²) in [5.74, 6) is 0.177. The number of para-hydroxylation sites is 1. The highest BCUT2D eigenvalue weighted by Crippen LogP contribution is 2.33. The number of fused-ring (bicyclic) bond motifs is 1. The third kappa shape index (κ3) is 4.08. The Morgan fingerprint density at radius 2 is 1.76 bits per heavy atom. The van der Waals surface area contributed by atoms with Crippen LogP contribution in [0.4, 0.5) is 5.69 Å². The van der Waals surface area contributed by atoms with Crippen LogP contribution in [0.1, 0.15) is 54.4 Å². The zero-order chi connectivity index (χ0) is 23.0. The standard InChI is InChI=1S/C26H30N4O3/c1-18(25(33)29-15-12-20(17-29)19-7-3-2-4-8-19)30-16-14-26(13-11-23(30)31)27-22-10-6-5-9-21(22)24(32)28-26/h2-10,18,20,27H,11-17H2,1H3,(H,28,32). The molecule has 2 saturated heterocycles. The lowest BCUT2D eigenvalue weighted by molar-refractivity contribution is -0.144. The molecule has 3 aliphatic heterocycles. The van der Waals surface area contributed by atoms with E-state index in [2.05, 4.69) is 22.8 Å². The topological polar surface area (TPSA) is 81.8 Å². The molecule has 3 heterocycles. The van der Waals surface area contributed by atoms with E-state index in [4.69, 9.17) is 0 Å². The highest BCUT2D eigenvalue weighted by Gasteiger charge is 2.42. The Morgan fingerprint density at radius 3 is 2.58 bits per heavy atom. The Balaban J connectivity index is 1.26. The van der Waals surface area contributed by atoms with Crippen molar-refractivity contribution in [3.8, 4) is 0 Å². The lowest BCUT2D eigenvalue weighted by Gasteiger charge is -2.40. The summed E-state index contributed by atoms with van der Waals surface area (Å²) in [6.07, 6.45) is 2.25. The fraction of sp³-hybridized carbons (Fsp3) is 0.423. The first-order chi connectivity index (χ1) is 16.0. The van der Waals surface area contributed by atoms with Gasteiger partial charge in [0.25, 0.3) is 5.91 Å². The summed E-state index contributed by atoms with van der Waals surface area (Å²) in [6, 6.07) is 17.2. The van der Waals surface area contributed by atoms with E-state index in [1.54, 1.807) is 11.0 Å². The second kappa shape index (κ2) is 8.54. The predicted molar refractivity (Wildman–Crippen MR) is 126 cm³/mol. The maximum atomic E-state index is 13.3. The fourth-order valence-corrected chi connectivity index (χ4v) is 5.40. The Bertz CT molecular complexity index is 1070. The molecule has 0 aromatic heterocycles. The molecule has 7 heteroatoms. The number of hydrogen-bond acceptors (Lipinski definition) is 4. The summed E-state index contributed by atoms with van der Waals surface area (Å²) < 4.78 is 0. The molecule has 1 spiro atoms. The molecule has 2 aromatic carbocycles. The van der Waals surface area contributed by atoms with Crippen LogP contribution in [0.3, 0.4) is 0 Å². The lowest BCUT2D eigenvalue weighted by Crippen LogP contribution is -2.58. The van der Waals surface area contributed by atoms with E-state index >= 15 is 0 Å². The molecular weight excluding hydrogens is 416 g/mol. The number of benzene rings is 2. The molecule has 0 aliphatic carbocycles. The molecule has 3 aliphatic rings. The summed E-state index contributed by atoms with van der Waals surface area (Å²) in [5.41, 5.74) is 1.98. The molecule has 2 N–H and O–H groups in total. The maximum Gasteiger partial charge on any atom is 0.255 e. The van der Waals surface area contributed by atoms with E-state index in [-0.39, 0.29) is 24.1 Å². The molecule has 2 aromatic rings. The number of hydrogen-bond donors (Lipinski definition) is 2. The van der Waals surface area contributed by atoms with Gasteiger partial charge in [-0.05, 0) is 37.5 Å². The van der Waals surface area contributed by atoms with Crippen molar-refractivity contribution in [1.29, 1.82) is 0 Å². The smallest absolute Gasteiger partial charge is 0.255 e. The van der Waals surface area contributed by atoms with E-state index < -0.39 is 11.7 Å². The van der Waals surface area contributed by atoms with Crippen LogP contribution in [-0.4, -0.2) is 58.9 Å². The molecule has 33 heavy (non-hydrogen) atoms. The molecule has 3 unspecified atom stereocenters. The second-order valence-corrected chi connectivity index (χ2v) is 9.40. The Morgan fingerprint density at radius 1 is 1.00 bits per heavy atom. The minimum Gasteiger partial charge on any atom is -0.362 e. The van der Waals surface area contributed by atoms with Crippen LogP contribution in [0, 0.1) is 0 Å². The van der Waals surface area contributed by atoms with Crippen LogP contribution in [-0.2, 0) is 9.59 Å². The maximum absolute atomic E-state index is 13.3. The van der Waals surface area contributed by atoms with Gasteiger partial charge in [-0.15, -0.1) is 0 Å². The number of carbonyl (C=O) groups is 3. The van der Waals surface area contributed by atoms with Gasteiger partial charge in [-0.1, -0.05) is 42.5 Å². The summed E-state index contributed by atoms with van der Waals surface area (Å²) >= 11 is 0. The van der Waals surface area contributed by atoms with Gasteiger partial charge in [0.2, 0.25) is 11.8 Å². The second-order valence-electron chi connectivity index (χ2n) is 9.40. The van der Waals surface area contributed by atoms with Crippen LogP contribution < -0.4 is 10.6 Å². The predicted octanol–water partition coefficient (Wildman–Crippen LogP) is 2.96. The summed E-state index contributed by atoms with van der Waals surface area (Å²) in [4.78, 5) is 42.6. The number of likely N-dealkylation sites (tertiary alicyclic amines) is 2. The van der Waals surface area contributed by atoms with Gasteiger partial charge in [-0.3, -0.25) is 14.4 Å². The van der Waals surface area contributed by atoms with Crippen LogP contribution in [0.25, 0.3) is 0 Å². The van der Waals surface area contributed by atoms with E-state index in [0.717, 1.165) is 12.1 Å². The lowest BCUT2D eigenvalue weighted by atomic mass is 9.95. The van der Waals surface area contributed by atoms with Crippen molar-refractivity contribution in [3.63, 3.8) is 0 Å². The summed E-state index contributed by atoms with van der Waals surface area (Å²) in [7, 11) is 0. The van der Waals surface area contributed by atoms with Crippen LogP contribution in [0.2, 0.25) is 0 Å². The van der Waals surface area contributed by atoms with Gasteiger partial charge >= 0.3 is 0 Å². The van der Waals surface area contributed by atoms with Crippen molar-refractivity contribution in [1.82, 2.24) is 15.1 Å². The highest BCUT2D eigenvalue weighted by atomic mass is 16.2. The fourth-order valence-electron chi connectivity index (χ4n) is 5.40. The Labute approximate surface area is 194 Å². The Hall–Kier alpha value is -3.35. The molecule has 3 atom stereocenters. The van der Waals surface area contributed by atoms with Crippen molar-refractivity contribution < 1.29 is 14.4 Å². The largest absolute Gasteiger partial charge is 0.362 e. The molecule has 172 valence electrons. The molecule has 2 fully saturated rings. The molecule has 0 radical (unpaired) electrons. The monoisotopic (exact) mass is 446 g/mol. The molecular formula is C26H30N4O3. The zero-order valence-corrected chi connectivity index (χ0v) is 18.9. The highest BCUT2D eigenvalue weighted by molar-refractivity contribution is 6.02. The van der Waals surface area contributed by atoms with E-state index in [0.29, 0.717) is 44.0 Å². The number of nitrogens with zero attached hydrogens (tertiary/aromatic N) is 2. The number of anilines is 1. The van der Waals surface area contributed by atoms with Crippen LogP contribution >= 0.6 is 0 Å². The van der Waals surface area contributed by atoms with Crippen molar-refractivity contribution >= 4 is 23.4 Å². The molecule has 7 nitrogen and oxygen atoms in total.